The number of nitrogens with two attached hydrogens (primary N) is 1. The number of esters is 1. The molecule has 0 heterocycles. The Morgan fingerprint density at radius 2 is 2.33 bits per heavy atom. The molecule has 0 aromatic rings. The number of nitrogens with one attached hydrogen (secondary N) is 1. The van der Waals surface area contributed by atoms with Crippen molar-refractivity contribution in [3.8, 4) is 0 Å². The van der Waals surface area contributed by atoms with Gasteiger partial charge in [0.05, 0.1) is 6.61 Å². The summed E-state index contributed by atoms with van der Waals surface area (Å²) in [4.78, 5) is 10.8. The van der Waals surface area contributed by atoms with Gasteiger partial charge in [-0.3, -0.25) is 0 Å². The molecule has 0 aliphatic heterocycles. The first-order chi connectivity index (χ1) is 5.70. The van der Waals surface area contributed by atoms with Gasteiger partial charge in [-0.15, -0.1) is 0 Å². The van der Waals surface area contributed by atoms with Crippen molar-refractivity contribution >= 4 is 5.97 Å². The van der Waals surface area contributed by atoms with Crippen molar-refractivity contribution in [3.05, 3.63) is 11.8 Å². The fraction of sp³-hybridized carbons (Fsp3) is 0.625. The molecule has 0 atom stereocenters. The van der Waals surface area contributed by atoms with Crippen LogP contribution in [0, 0.1) is 0 Å². The van der Waals surface area contributed by atoms with Gasteiger partial charge >= 0.3 is 5.97 Å². The van der Waals surface area contributed by atoms with E-state index in [0.29, 0.717) is 19.7 Å². The molecule has 12 heavy (non-hydrogen) atoms. The minimum Gasteiger partial charge on any atom is -0.463 e. The number of ether oxygens (including phenoxy) is 1. The van der Waals surface area contributed by atoms with Crippen molar-refractivity contribution in [2.24, 2.45) is 5.73 Å². The minimum absolute atomic E-state index is 0.320. The molecule has 0 aliphatic rings. The van der Waals surface area contributed by atoms with Gasteiger partial charge in [0.15, 0.2) is 0 Å². The maximum Gasteiger partial charge on any atom is 0.332 e. The maximum atomic E-state index is 10.8. The van der Waals surface area contributed by atoms with Gasteiger partial charge in [-0.2, -0.15) is 0 Å². The van der Waals surface area contributed by atoms with Crippen LogP contribution in [-0.2, 0) is 9.53 Å². The summed E-state index contributed by atoms with van der Waals surface area (Å²) in [7, 11) is 0. The number of hydrogen-bond donors (Lipinski definition) is 2. The fourth-order valence-electron chi connectivity index (χ4n) is 0.681. The van der Waals surface area contributed by atoms with E-state index in [1.807, 2.05) is 0 Å². The highest BCUT2D eigenvalue weighted by molar-refractivity contribution is 5.82. The van der Waals surface area contributed by atoms with Gasteiger partial charge in [0.25, 0.3) is 0 Å². The molecule has 0 aromatic carbocycles. The van der Waals surface area contributed by atoms with Crippen molar-refractivity contribution in [2.75, 3.05) is 19.7 Å². The van der Waals surface area contributed by atoms with Crippen molar-refractivity contribution in [2.45, 2.75) is 13.8 Å². The highest BCUT2D eigenvalue weighted by atomic mass is 16.5. The standard InChI is InChI=1S/C8H16N2O2/c1-3-12-8(11)6-7(2)10-5-4-9/h6,10H,3-5,9H2,1-2H3/b7-6-. The number of hydrogen-bond acceptors (Lipinski definition) is 4. The Bertz CT molecular complexity index is 166. The SMILES string of the molecule is CCOC(=O)/C=C(/C)NCCN. The van der Waals surface area contributed by atoms with E-state index in [4.69, 9.17) is 10.5 Å². The molecule has 3 N–H and O–H groups in total. The van der Waals surface area contributed by atoms with Gasteiger partial charge < -0.3 is 15.8 Å². The summed E-state index contributed by atoms with van der Waals surface area (Å²) in [6, 6.07) is 0. The van der Waals surface area contributed by atoms with E-state index in [1.54, 1.807) is 13.8 Å². The summed E-state index contributed by atoms with van der Waals surface area (Å²) in [5.74, 6) is -0.320. The number of rotatable bonds is 5. The average Bonchev–Trinajstić information content (AvgIpc) is 2.01. The van der Waals surface area contributed by atoms with Crippen LogP contribution < -0.4 is 11.1 Å². The molecular formula is C8H16N2O2. The monoisotopic (exact) mass is 172 g/mol. The van der Waals surface area contributed by atoms with E-state index in [-0.39, 0.29) is 5.97 Å². The number of allylic oxidation sites excluding steroid dienone is 1. The van der Waals surface area contributed by atoms with Crippen LogP contribution in [-0.4, -0.2) is 25.7 Å². The Balaban J connectivity index is 3.72. The molecule has 0 aromatic heterocycles. The van der Waals surface area contributed by atoms with Crippen molar-refractivity contribution in [1.82, 2.24) is 5.32 Å². The van der Waals surface area contributed by atoms with Gasteiger partial charge in [0.2, 0.25) is 0 Å². The van der Waals surface area contributed by atoms with Crippen LogP contribution in [0.15, 0.2) is 11.8 Å². The first kappa shape index (κ1) is 11.0. The molecular weight excluding hydrogens is 156 g/mol. The molecule has 70 valence electrons. The zero-order valence-corrected chi connectivity index (χ0v) is 7.59. The number of carbonyl (C=O) groups excluding carboxylic acids is 1. The second-order valence-electron chi connectivity index (χ2n) is 2.29. The minimum atomic E-state index is -0.320. The highest BCUT2D eigenvalue weighted by Crippen LogP contribution is 1.88. The van der Waals surface area contributed by atoms with E-state index in [9.17, 15) is 4.79 Å². The Hall–Kier alpha value is -1.03. The van der Waals surface area contributed by atoms with Gasteiger partial charge in [0.1, 0.15) is 0 Å². The topological polar surface area (TPSA) is 64.3 Å². The summed E-state index contributed by atoms with van der Waals surface area (Å²) < 4.78 is 4.71. The molecule has 0 radical (unpaired) electrons. The van der Waals surface area contributed by atoms with Crippen LogP contribution in [0.4, 0.5) is 0 Å². The van der Waals surface area contributed by atoms with Gasteiger partial charge in [-0.05, 0) is 13.8 Å². The van der Waals surface area contributed by atoms with E-state index in [1.165, 1.54) is 6.08 Å². The van der Waals surface area contributed by atoms with Gasteiger partial charge in [-0.1, -0.05) is 0 Å². The van der Waals surface area contributed by atoms with E-state index in [2.05, 4.69) is 5.32 Å². The Labute approximate surface area is 72.8 Å². The summed E-state index contributed by atoms with van der Waals surface area (Å²) in [6.07, 6.45) is 1.42. The maximum absolute atomic E-state index is 10.8. The third-order valence-electron chi connectivity index (χ3n) is 1.17. The Kier molecular flexibility index (Phi) is 6.09. The van der Waals surface area contributed by atoms with Crippen molar-refractivity contribution in [1.29, 1.82) is 0 Å². The number of carbonyl (C=O) groups is 1. The summed E-state index contributed by atoms with van der Waals surface area (Å²) >= 11 is 0. The lowest BCUT2D eigenvalue weighted by atomic mass is 10.4. The second-order valence-corrected chi connectivity index (χ2v) is 2.29. The van der Waals surface area contributed by atoms with Crippen LogP contribution in [0.2, 0.25) is 0 Å². The second kappa shape index (κ2) is 6.67. The van der Waals surface area contributed by atoms with E-state index >= 15 is 0 Å². The summed E-state index contributed by atoms with van der Waals surface area (Å²) in [5, 5.41) is 2.96. The molecule has 0 rings (SSSR count). The Morgan fingerprint density at radius 3 is 2.83 bits per heavy atom. The first-order valence-electron chi connectivity index (χ1n) is 3.99. The third-order valence-corrected chi connectivity index (χ3v) is 1.17. The lowest BCUT2D eigenvalue weighted by Crippen LogP contribution is -2.21. The van der Waals surface area contributed by atoms with Crippen molar-refractivity contribution < 1.29 is 9.53 Å². The zero-order valence-electron chi connectivity index (χ0n) is 7.59. The first-order valence-corrected chi connectivity index (χ1v) is 3.99. The summed E-state index contributed by atoms with van der Waals surface area (Å²) in [5.41, 5.74) is 6.04. The van der Waals surface area contributed by atoms with Crippen LogP contribution in [0.1, 0.15) is 13.8 Å². The molecule has 0 spiro atoms. The molecule has 4 heteroatoms. The van der Waals surface area contributed by atoms with Crippen LogP contribution in [0.25, 0.3) is 0 Å². The molecule has 0 amide bonds. The van der Waals surface area contributed by atoms with Crippen LogP contribution in [0.5, 0.6) is 0 Å². The molecule has 0 bridgehead atoms. The average molecular weight is 172 g/mol. The van der Waals surface area contributed by atoms with Gasteiger partial charge in [0, 0.05) is 24.9 Å². The zero-order chi connectivity index (χ0) is 9.40. The molecule has 0 saturated heterocycles. The highest BCUT2D eigenvalue weighted by Gasteiger charge is 1.96. The molecule has 0 unspecified atom stereocenters. The van der Waals surface area contributed by atoms with Crippen molar-refractivity contribution in [3.63, 3.8) is 0 Å². The van der Waals surface area contributed by atoms with Gasteiger partial charge in [-0.25, -0.2) is 4.79 Å². The normalized spacial score (nSPS) is 11.1. The molecule has 0 aliphatic carbocycles. The Morgan fingerprint density at radius 1 is 1.67 bits per heavy atom. The molecule has 4 nitrogen and oxygen atoms in total. The van der Waals surface area contributed by atoms with E-state index in [0.717, 1.165) is 5.70 Å². The van der Waals surface area contributed by atoms with E-state index < -0.39 is 0 Å². The predicted octanol–water partition coefficient (Wildman–Crippen LogP) is 0.00160. The molecule has 0 fully saturated rings. The lowest BCUT2D eigenvalue weighted by Gasteiger charge is -2.03. The van der Waals surface area contributed by atoms with Crippen LogP contribution in [0.3, 0.4) is 0 Å². The quantitative estimate of drug-likeness (QED) is 0.452. The third kappa shape index (κ3) is 5.73. The lowest BCUT2D eigenvalue weighted by molar-refractivity contribution is -0.137. The smallest absolute Gasteiger partial charge is 0.332 e. The molecule has 0 saturated carbocycles. The fourth-order valence-corrected chi connectivity index (χ4v) is 0.681. The predicted molar refractivity (Wildman–Crippen MR) is 47.4 cm³/mol. The summed E-state index contributed by atoms with van der Waals surface area (Å²) in [6.45, 7) is 5.19. The largest absolute Gasteiger partial charge is 0.463 e. The van der Waals surface area contributed by atoms with Crippen LogP contribution >= 0.6 is 0 Å².